The average molecular weight is 412 g/mol. The molecule has 0 fully saturated rings. The fourth-order valence-electron chi connectivity index (χ4n) is 3.87. The minimum atomic E-state index is 0.585. The maximum absolute atomic E-state index is 4.88. The summed E-state index contributed by atoms with van der Waals surface area (Å²) in [6, 6.07) is 22.5. The fraction of sp³-hybridized carbons (Fsp3) is 0.208. The summed E-state index contributed by atoms with van der Waals surface area (Å²) in [6.07, 6.45) is 0.888. The molecule has 1 aliphatic heterocycles. The number of fused-ring (bicyclic) bond motifs is 1. The smallest absolute Gasteiger partial charge is 0.229 e. The Hall–Kier alpha value is -3.71. The molecule has 0 bridgehead atoms. The summed E-state index contributed by atoms with van der Waals surface area (Å²) in [5.41, 5.74) is 5.48. The van der Waals surface area contributed by atoms with Crippen molar-refractivity contribution in [3.63, 3.8) is 0 Å². The van der Waals surface area contributed by atoms with Crippen LogP contribution in [0.5, 0.6) is 0 Å². The first-order valence-corrected chi connectivity index (χ1v) is 10.5. The van der Waals surface area contributed by atoms with Gasteiger partial charge in [-0.3, -0.25) is 10.00 Å². The number of H-pyrrole nitrogens is 1. The Morgan fingerprint density at radius 1 is 0.968 bits per heavy atom. The van der Waals surface area contributed by atoms with Crippen molar-refractivity contribution in [2.75, 3.05) is 17.2 Å². The van der Waals surface area contributed by atoms with Crippen LogP contribution in [0.25, 0.3) is 0 Å². The molecule has 0 amide bonds. The lowest BCUT2D eigenvalue weighted by Gasteiger charge is -2.29. The molecule has 5 rings (SSSR count). The predicted octanol–water partition coefficient (Wildman–Crippen LogP) is 4.55. The molecular weight excluding hydrogens is 386 g/mol. The number of hydrogen-bond donors (Lipinski definition) is 3. The second kappa shape index (κ2) is 8.57. The van der Waals surface area contributed by atoms with Crippen LogP contribution in [0.15, 0.2) is 66.7 Å². The summed E-state index contributed by atoms with van der Waals surface area (Å²) in [7, 11) is 0. The monoisotopic (exact) mass is 411 g/mol. The van der Waals surface area contributed by atoms with E-state index >= 15 is 0 Å². The third kappa shape index (κ3) is 4.57. The highest BCUT2D eigenvalue weighted by atomic mass is 15.2. The number of nitrogens with one attached hydrogen (secondary N) is 3. The maximum Gasteiger partial charge on any atom is 0.229 e. The van der Waals surface area contributed by atoms with E-state index < -0.39 is 0 Å². The molecule has 2 aromatic heterocycles. The van der Waals surface area contributed by atoms with Gasteiger partial charge in [-0.1, -0.05) is 48.5 Å². The van der Waals surface area contributed by atoms with Crippen LogP contribution in [-0.4, -0.2) is 31.6 Å². The highest BCUT2D eigenvalue weighted by molar-refractivity contribution is 5.62. The molecule has 0 spiro atoms. The normalized spacial score (nSPS) is 13.6. The predicted molar refractivity (Wildman–Crippen MR) is 123 cm³/mol. The van der Waals surface area contributed by atoms with Gasteiger partial charge < -0.3 is 10.6 Å². The first-order valence-electron chi connectivity index (χ1n) is 10.5. The lowest BCUT2D eigenvalue weighted by Crippen LogP contribution is -2.31. The van der Waals surface area contributed by atoms with Crippen LogP contribution >= 0.6 is 0 Å². The molecule has 2 aromatic carbocycles. The number of aromatic amines is 1. The van der Waals surface area contributed by atoms with E-state index in [9.17, 15) is 0 Å². The second-order valence-electron chi connectivity index (χ2n) is 7.82. The zero-order valence-electron chi connectivity index (χ0n) is 17.5. The van der Waals surface area contributed by atoms with Crippen molar-refractivity contribution in [3.8, 4) is 0 Å². The Morgan fingerprint density at radius 3 is 2.48 bits per heavy atom. The Morgan fingerprint density at radius 2 is 1.74 bits per heavy atom. The van der Waals surface area contributed by atoms with Crippen LogP contribution in [0.4, 0.5) is 23.3 Å². The third-order valence-electron chi connectivity index (χ3n) is 5.38. The number of nitrogens with zero attached hydrogens (tertiary/aromatic N) is 4. The summed E-state index contributed by atoms with van der Waals surface area (Å²) in [4.78, 5) is 12.1. The van der Waals surface area contributed by atoms with Gasteiger partial charge in [-0.15, -0.1) is 0 Å². The van der Waals surface area contributed by atoms with E-state index in [1.54, 1.807) is 0 Å². The molecule has 156 valence electrons. The third-order valence-corrected chi connectivity index (χ3v) is 5.38. The van der Waals surface area contributed by atoms with E-state index in [2.05, 4.69) is 56.1 Å². The zero-order valence-corrected chi connectivity index (χ0v) is 17.5. The van der Waals surface area contributed by atoms with Gasteiger partial charge in [0.05, 0.1) is 5.69 Å². The standard InChI is InChI=1S/C24H25N7/c1-17-14-22(30-29-17)27-23-20-12-13-31(15-18-8-4-2-5-9-18)16-21(20)26-24(28-23)25-19-10-6-3-7-11-19/h2-11,14H,12-13,15-16H2,1H3,(H3,25,26,27,28,29,30). The molecule has 3 N–H and O–H groups in total. The molecule has 0 saturated carbocycles. The van der Waals surface area contributed by atoms with Gasteiger partial charge in [-0.05, 0) is 31.0 Å². The lowest BCUT2D eigenvalue weighted by atomic mass is 10.0. The van der Waals surface area contributed by atoms with Gasteiger partial charge in [-0.25, -0.2) is 4.98 Å². The Labute approximate surface area is 181 Å². The summed E-state index contributed by atoms with van der Waals surface area (Å²) >= 11 is 0. The lowest BCUT2D eigenvalue weighted by molar-refractivity contribution is 0.241. The molecule has 0 saturated heterocycles. The zero-order chi connectivity index (χ0) is 21.0. The number of anilines is 4. The minimum absolute atomic E-state index is 0.585. The van der Waals surface area contributed by atoms with Gasteiger partial charge >= 0.3 is 0 Å². The van der Waals surface area contributed by atoms with Crippen LogP contribution in [-0.2, 0) is 19.5 Å². The Balaban J connectivity index is 1.45. The van der Waals surface area contributed by atoms with E-state index in [-0.39, 0.29) is 0 Å². The summed E-state index contributed by atoms with van der Waals surface area (Å²) < 4.78 is 0. The molecule has 0 atom stereocenters. The van der Waals surface area contributed by atoms with Crippen LogP contribution < -0.4 is 10.6 Å². The average Bonchev–Trinajstić information content (AvgIpc) is 3.19. The maximum atomic E-state index is 4.88. The molecule has 3 heterocycles. The van der Waals surface area contributed by atoms with Crippen molar-refractivity contribution in [2.45, 2.75) is 26.4 Å². The number of hydrogen-bond acceptors (Lipinski definition) is 6. The van der Waals surface area contributed by atoms with E-state index in [0.29, 0.717) is 5.95 Å². The topological polar surface area (TPSA) is 81.8 Å². The fourth-order valence-corrected chi connectivity index (χ4v) is 3.87. The molecule has 0 aliphatic carbocycles. The molecule has 31 heavy (non-hydrogen) atoms. The van der Waals surface area contributed by atoms with Crippen molar-refractivity contribution >= 4 is 23.3 Å². The molecule has 4 aromatic rings. The van der Waals surface area contributed by atoms with Gasteiger partial charge in [0.15, 0.2) is 5.82 Å². The van der Waals surface area contributed by atoms with Crippen LogP contribution in [0.3, 0.4) is 0 Å². The van der Waals surface area contributed by atoms with Crippen LogP contribution in [0, 0.1) is 6.92 Å². The van der Waals surface area contributed by atoms with Gasteiger partial charge in [0, 0.05) is 42.6 Å². The number of benzene rings is 2. The first-order chi connectivity index (χ1) is 15.2. The van der Waals surface area contributed by atoms with Gasteiger partial charge in [0.1, 0.15) is 5.82 Å². The van der Waals surface area contributed by atoms with E-state index in [1.165, 1.54) is 5.56 Å². The number of para-hydroxylation sites is 1. The number of aromatic nitrogens is 4. The highest BCUT2D eigenvalue weighted by Crippen LogP contribution is 2.28. The first kappa shape index (κ1) is 19.3. The largest absolute Gasteiger partial charge is 0.324 e. The van der Waals surface area contributed by atoms with Crippen molar-refractivity contribution in [1.29, 1.82) is 0 Å². The van der Waals surface area contributed by atoms with Gasteiger partial charge in [0.25, 0.3) is 0 Å². The molecule has 7 heteroatoms. The highest BCUT2D eigenvalue weighted by Gasteiger charge is 2.23. The summed E-state index contributed by atoms with van der Waals surface area (Å²) in [5, 5.41) is 14.0. The van der Waals surface area contributed by atoms with Crippen molar-refractivity contribution in [3.05, 3.63) is 89.2 Å². The summed E-state index contributed by atoms with van der Waals surface area (Å²) in [6.45, 7) is 4.64. The summed E-state index contributed by atoms with van der Waals surface area (Å²) in [5.74, 6) is 2.16. The van der Waals surface area contributed by atoms with E-state index in [1.807, 2.05) is 43.3 Å². The molecule has 0 unspecified atom stereocenters. The van der Waals surface area contributed by atoms with Crippen molar-refractivity contribution in [1.82, 2.24) is 25.1 Å². The Kier molecular flexibility index (Phi) is 5.33. The van der Waals surface area contributed by atoms with Gasteiger partial charge in [-0.2, -0.15) is 10.1 Å². The molecule has 0 radical (unpaired) electrons. The van der Waals surface area contributed by atoms with Gasteiger partial charge in [0.2, 0.25) is 5.95 Å². The number of aryl methyl sites for hydroxylation is 1. The van der Waals surface area contributed by atoms with E-state index in [4.69, 9.17) is 9.97 Å². The number of rotatable bonds is 6. The minimum Gasteiger partial charge on any atom is -0.324 e. The SMILES string of the molecule is Cc1cc(Nc2nc(Nc3ccccc3)nc3c2CCN(Cc2ccccc2)C3)n[nH]1. The van der Waals surface area contributed by atoms with Crippen molar-refractivity contribution in [2.24, 2.45) is 0 Å². The quantitative estimate of drug-likeness (QED) is 0.432. The van der Waals surface area contributed by atoms with Crippen LogP contribution in [0.2, 0.25) is 0 Å². The van der Waals surface area contributed by atoms with Crippen LogP contribution in [0.1, 0.15) is 22.5 Å². The molecular formula is C24H25N7. The Bertz CT molecular complexity index is 1160. The molecule has 1 aliphatic rings. The molecule has 7 nitrogen and oxygen atoms in total. The second-order valence-corrected chi connectivity index (χ2v) is 7.82. The van der Waals surface area contributed by atoms with Crippen molar-refractivity contribution < 1.29 is 0 Å². The van der Waals surface area contributed by atoms with E-state index in [0.717, 1.165) is 60.3 Å².